The topological polar surface area (TPSA) is 24.8 Å². The molecule has 0 N–H and O–H groups in total. The molecule has 3 rings (SSSR count). The van der Waals surface area contributed by atoms with Crippen molar-refractivity contribution in [3.63, 3.8) is 0 Å². The van der Waals surface area contributed by atoms with Crippen LogP contribution < -0.4 is 4.90 Å². The lowest BCUT2D eigenvalue weighted by Gasteiger charge is -2.29. The summed E-state index contributed by atoms with van der Waals surface area (Å²) in [6.07, 6.45) is 2.84. The second-order valence-electron chi connectivity index (χ2n) is 6.47. The van der Waals surface area contributed by atoms with Gasteiger partial charge in [0.15, 0.2) is 0 Å². The molecule has 3 nitrogen and oxygen atoms in total. The van der Waals surface area contributed by atoms with E-state index >= 15 is 0 Å². The van der Waals surface area contributed by atoms with Crippen molar-refractivity contribution in [2.45, 2.75) is 26.2 Å². The first kappa shape index (κ1) is 17.6. The van der Waals surface area contributed by atoms with E-state index in [2.05, 4.69) is 31.0 Å². The molecule has 0 unspecified atom stereocenters. The van der Waals surface area contributed by atoms with Gasteiger partial charge >= 0.3 is 0 Å². The second-order valence-corrected chi connectivity index (χ2v) is 6.47. The minimum atomic E-state index is -0.210. The maximum atomic E-state index is 14.4. The van der Waals surface area contributed by atoms with Gasteiger partial charge in [-0.25, -0.2) is 4.39 Å². The van der Waals surface area contributed by atoms with Crippen molar-refractivity contribution < 1.29 is 9.13 Å². The highest BCUT2D eigenvalue weighted by Crippen LogP contribution is 2.23. The molecule has 2 aromatic rings. The quantitative estimate of drug-likeness (QED) is 0.721. The summed E-state index contributed by atoms with van der Waals surface area (Å²) in [6.45, 7) is 7.16. The summed E-state index contributed by atoms with van der Waals surface area (Å²) in [6, 6.07) is 13.5. The molecule has 2 aromatic carbocycles. The van der Waals surface area contributed by atoms with E-state index in [9.17, 15) is 4.39 Å². The summed E-state index contributed by atoms with van der Waals surface area (Å²) in [5.41, 5.74) is 3.60. The number of ether oxygens (including phenoxy) is 1. The molecule has 1 saturated heterocycles. The Morgan fingerprint density at radius 1 is 1.16 bits per heavy atom. The zero-order valence-electron chi connectivity index (χ0n) is 14.9. The van der Waals surface area contributed by atoms with Crippen molar-refractivity contribution in [3.05, 3.63) is 59.4 Å². The van der Waals surface area contributed by atoms with Gasteiger partial charge in [-0.05, 0) is 47.7 Å². The summed E-state index contributed by atoms with van der Waals surface area (Å²) < 4.78 is 19.7. The van der Waals surface area contributed by atoms with Crippen LogP contribution in [0.3, 0.4) is 0 Å². The summed E-state index contributed by atoms with van der Waals surface area (Å²) in [5.74, 6) is 0.345. The number of benzene rings is 2. The standard InChI is InChI=1S/C21H25FN2O/c1-3-16(2)18-5-7-19(8-6-18)23-15-17-4-9-21(20(22)14-17)24-10-12-25-13-11-24/h4-9,14-16H,3,10-13H2,1-2H3/t16-/m0/s1. The minimum Gasteiger partial charge on any atom is -0.378 e. The molecule has 0 saturated carbocycles. The summed E-state index contributed by atoms with van der Waals surface area (Å²) >= 11 is 0. The first-order chi connectivity index (χ1) is 12.2. The molecule has 4 heteroatoms. The molecular weight excluding hydrogens is 315 g/mol. The Balaban J connectivity index is 1.70. The molecule has 0 radical (unpaired) electrons. The van der Waals surface area contributed by atoms with Crippen LogP contribution in [0.5, 0.6) is 0 Å². The van der Waals surface area contributed by atoms with Gasteiger partial charge in [0.2, 0.25) is 0 Å². The molecule has 1 aliphatic rings. The fourth-order valence-corrected chi connectivity index (χ4v) is 2.94. The largest absolute Gasteiger partial charge is 0.378 e. The third-order valence-corrected chi connectivity index (χ3v) is 4.76. The van der Waals surface area contributed by atoms with Crippen LogP contribution in [-0.2, 0) is 4.74 Å². The lowest BCUT2D eigenvalue weighted by atomic mass is 9.99. The minimum absolute atomic E-state index is 0.210. The number of anilines is 1. The predicted octanol–water partition coefficient (Wildman–Crippen LogP) is 4.93. The van der Waals surface area contributed by atoms with E-state index in [-0.39, 0.29) is 5.82 Å². The zero-order valence-corrected chi connectivity index (χ0v) is 14.9. The van der Waals surface area contributed by atoms with Crippen molar-refractivity contribution in [1.82, 2.24) is 0 Å². The maximum absolute atomic E-state index is 14.4. The lowest BCUT2D eigenvalue weighted by Crippen LogP contribution is -2.36. The molecule has 1 fully saturated rings. The van der Waals surface area contributed by atoms with Crippen LogP contribution in [0.25, 0.3) is 0 Å². The monoisotopic (exact) mass is 340 g/mol. The Kier molecular flexibility index (Phi) is 5.82. The number of hydrogen-bond acceptors (Lipinski definition) is 3. The van der Waals surface area contributed by atoms with Crippen molar-refractivity contribution in [2.24, 2.45) is 4.99 Å². The predicted molar refractivity (Wildman–Crippen MR) is 102 cm³/mol. The molecule has 0 aliphatic carbocycles. The van der Waals surface area contributed by atoms with Gasteiger partial charge in [0.05, 0.1) is 24.6 Å². The molecule has 0 bridgehead atoms. The van der Waals surface area contributed by atoms with Gasteiger partial charge < -0.3 is 9.64 Å². The van der Waals surface area contributed by atoms with E-state index in [1.807, 2.05) is 29.2 Å². The average Bonchev–Trinajstić information content (AvgIpc) is 2.67. The molecule has 0 spiro atoms. The smallest absolute Gasteiger partial charge is 0.147 e. The number of rotatable bonds is 5. The van der Waals surface area contributed by atoms with Gasteiger partial charge in [-0.3, -0.25) is 4.99 Å². The Bertz CT molecular complexity index is 721. The average molecular weight is 340 g/mol. The van der Waals surface area contributed by atoms with Gasteiger partial charge in [-0.15, -0.1) is 0 Å². The Labute approximate surface area is 149 Å². The van der Waals surface area contributed by atoms with Crippen LogP contribution >= 0.6 is 0 Å². The van der Waals surface area contributed by atoms with E-state index < -0.39 is 0 Å². The fraction of sp³-hybridized carbons (Fsp3) is 0.381. The van der Waals surface area contributed by atoms with E-state index in [1.54, 1.807) is 12.3 Å². The molecule has 25 heavy (non-hydrogen) atoms. The first-order valence-corrected chi connectivity index (χ1v) is 8.93. The van der Waals surface area contributed by atoms with E-state index in [0.29, 0.717) is 24.8 Å². The number of halogens is 1. The van der Waals surface area contributed by atoms with E-state index in [1.165, 1.54) is 5.56 Å². The Morgan fingerprint density at radius 2 is 1.88 bits per heavy atom. The third-order valence-electron chi connectivity index (χ3n) is 4.76. The Morgan fingerprint density at radius 3 is 2.52 bits per heavy atom. The summed E-state index contributed by atoms with van der Waals surface area (Å²) in [5, 5.41) is 0. The van der Waals surface area contributed by atoms with Crippen LogP contribution in [0.4, 0.5) is 15.8 Å². The molecule has 1 atom stereocenters. The zero-order chi connectivity index (χ0) is 17.6. The molecule has 132 valence electrons. The number of nitrogens with zero attached hydrogens (tertiary/aromatic N) is 2. The van der Waals surface area contributed by atoms with Crippen molar-refractivity contribution in [3.8, 4) is 0 Å². The molecule has 0 amide bonds. The van der Waals surface area contributed by atoms with Gasteiger partial charge in [0.25, 0.3) is 0 Å². The van der Waals surface area contributed by atoms with Crippen LogP contribution in [0.15, 0.2) is 47.5 Å². The molecule has 1 aliphatic heterocycles. The Hall–Kier alpha value is -2.20. The van der Waals surface area contributed by atoms with Crippen LogP contribution in [0.2, 0.25) is 0 Å². The number of morpholine rings is 1. The highest BCUT2D eigenvalue weighted by molar-refractivity contribution is 5.82. The number of hydrogen-bond donors (Lipinski definition) is 0. The summed E-state index contributed by atoms with van der Waals surface area (Å²) in [7, 11) is 0. The highest BCUT2D eigenvalue weighted by atomic mass is 19.1. The van der Waals surface area contributed by atoms with Gasteiger partial charge in [0, 0.05) is 19.3 Å². The lowest BCUT2D eigenvalue weighted by molar-refractivity contribution is 0.122. The summed E-state index contributed by atoms with van der Waals surface area (Å²) in [4.78, 5) is 6.48. The van der Waals surface area contributed by atoms with E-state index in [4.69, 9.17) is 4.74 Å². The van der Waals surface area contributed by atoms with Crippen LogP contribution in [0, 0.1) is 5.82 Å². The SMILES string of the molecule is CC[C@H](C)c1ccc(N=Cc2ccc(N3CCOCC3)c(F)c2)cc1. The first-order valence-electron chi connectivity index (χ1n) is 8.93. The van der Waals surface area contributed by atoms with Crippen LogP contribution in [-0.4, -0.2) is 32.5 Å². The van der Waals surface area contributed by atoms with E-state index in [0.717, 1.165) is 30.8 Å². The van der Waals surface area contributed by atoms with Crippen molar-refractivity contribution in [1.29, 1.82) is 0 Å². The van der Waals surface area contributed by atoms with Gasteiger partial charge in [0.1, 0.15) is 5.82 Å². The van der Waals surface area contributed by atoms with Crippen molar-refractivity contribution >= 4 is 17.6 Å². The third kappa shape index (κ3) is 4.45. The van der Waals surface area contributed by atoms with Gasteiger partial charge in [-0.2, -0.15) is 0 Å². The normalized spacial score (nSPS) is 16.4. The molecular formula is C21H25FN2O. The molecule has 1 heterocycles. The number of aliphatic imine (C=N–C) groups is 1. The van der Waals surface area contributed by atoms with Crippen LogP contribution in [0.1, 0.15) is 37.3 Å². The second kappa shape index (κ2) is 8.26. The fourth-order valence-electron chi connectivity index (χ4n) is 2.94. The van der Waals surface area contributed by atoms with Gasteiger partial charge in [-0.1, -0.05) is 32.0 Å². The highest BCUT2D eigenvalue weighted by Gasteiger charge is 2.14. The molecule has 0 aromatic heterocycles. The van der Waals surface area contributed by atoms with Crippen molar-refractivity contribution in [2.75, 3.05) is 31.2 Å². The maximum Gasteiger partial charge on any atom is 0.147 e.